The van der Waals surface area contributed by atoms with Gasteiger partial charge in [-0.2, -0.15) is 13.2 Å². The number of sulfonamides is 1. The van der Waals surface area contributed by atoms with Crippen molar-refractivity contribution >= 4 is 26.6 Å². The molecule has 2 saturated heterocycles. The Morgan fingerprint density at radius 3 is 2.58 bits per heavy atom. The van der Waals surface area contributed by atoms with E-state index in [1.807, 2.05) is 11.9 Å². The Balaban J connectivity index is 1.53. The smallest absolute Gasteiger partial charge is 0.370 e. The fourth-order valence-electron chi connectivity index (χ4n) is 5.20. The van der Waals surface area contributed by atoms with Crippen LogP contribution in [0.5, 0.6) is 0 Å². The van der Waals surface area contributed by atoms with Crippen LogP contribution < -0.4 is 9.62 Å². The standard InChI is InChI=1S/C23H31F3N4O2S/c1-16-12-17(15-33(31,32)28-18-7-10-29(2)11-8-18)14-30(13-16)21-6-5-20(23(24,25)26)22-19(21)4-3-9-27-22/h3-6,9,16-18,28H,7-8,10-15H2,1-2H3/t16-,17+/m0/s1. The monoisotopic (exact) mass is 484 g/mol. The molecule has 2 atom stereocenters. The number of nitrogens with one attached hydrogen (secondary N) is 1. The van der Waals surface area contributed by atoms with Gasteiger partial charge in [0, 0.05) is 36.4 Å². The zero-order chi connectivity index (χ0) is 23.8. The van der Waals surface area contributed by atoms with Gasteiger partial charge in [0.05, 0.1) is 16.8 Å². The normalized spacial score (nSPS) is 23.8. The maximum atomic E-state index is 13.5. The van der Waals surface area contributed by atoms with Gasteiger partial charge in [0.2, 0.25) is 10.0 Å². The fourth-order valence-corrected chi connectivity index (χ4v) is 6.90. The quantitative estimate of drug-likeness (QED) is 0.701. The van der Waals surface area contributed by atoms with Crippen molar-refractivity contribution < 1.29 is 21.6 Å². The highest BCUT2D eigenvalue weighted by atomic mass is 32.2. The van der Waals surface area contributed by atoms with E-state index in [4.69, 9.17) is 0 Å². The minimum Gasteiger partial charge on any atom is -0.370 e. The summed E-state index contributed by atoms with van der Waals surface area (Å²) in [7, 11) is -1.42. The van der Waals surface area contributed by atoms with E-state index in [1.165, 1.54) is 12.3 Å². The van der Waals surface area contributed by atoms with Crippen molar-refractivity contribution in [2.45, 2.75) is 38.4 Å². The van der Waals surface area contributed by atoms with Gasteiger partial charge < -0.3 is 9.80 Å². The number of benzene rings is 1. The van der Waals surface area contributed by atoms with E-state index in [2.05, 4.69) is 21.5 Å². The molecule has 2 aliphatic rings. The Hall–Kier alpha value is -1.91. The predicted molar refractivity (Wildman–Crippen MR) is 124 cm³/mol. The van der Waals surface area contributed by atoms with Gasteiger partial charge in [-0.3, -0.25) is 4.98 Å². The van der Waals surface area contributed by atoms with E-state index in [1.54, 1.807) is 12.1 Å². The third-order valence-electron chi connectivity index (χ3n) is 6.66. The second-order valence-corrected chi connectivity index (χ2v) is 11.4. The van der Waals surface area contributed by atoms with Crippen LogP contribution in [-0.4, -0.2) is 63.3 Å². The Morgan fingerprint density at radius 2 is 1.88 bits per heavy atom. The van der Waals surface area contributed by atoms with E-state index in [0.717, 1.165) is 38.4 Å². The SMILES string of the molecule is C[C@H]1C[C@@H](CS(=O)(=O)NC2CCN(C)CC2)CN(c2ccc(C(F)(F)F)c3ncccc23)C1. The van der Waals surface area contributed by atoms with Crippen molar-refractivity contribution in [1.82, 2.24) is 14.6 Å². The first-order chi connectivity index (χ1) is 15.5. The van der Waals surface area contributed by atoms with Crippen molar-refractivity contribution in [3.8, 4) is 0 Å². The highest BCUT2D eigenvalue weighted by Gasteiger charge is 2.35. The first-order valence-corrected chi connectivity index (χ1v) is 13.1. The number of pyridine rings is 1. The topological polar surface area (TPSA) is 65.5 Å². The molecule has 0 spiro atoms. The first-order valence-electron chi connectivity index (χ1n) is 11.4. The van der Waals surface area contributed by atoms with E-state index in [9.17, 15) is 21.6 Å². The number of piperidine rings is 2. The van der Waals surface area contributed by atoms with Gasteiger partial charge in [-0.15, -0.1) is 0 Å². The summed E-state index contributed by atoms with van der Waals surface area (Å²) in [5.41, 5.74) is -0.162. The van der Waals surface area contributed by atoms with Gasteiger partial charge in [0.1, 0.15) is 0 Å². The van der Waals surface area contributed by atoms with E-state index in [0.29, 0.717) is 24.2 Å². The maximum absolute atomic E-state index is 13.5. The lowest BCUT2D eigenvalue weighted by molar-refractivity contribution is -0.136. The molecule has 3 heterocycles. The van der Waals surface area contributed by atoms with E-state index >= 15 is 0 Å². The molecule has 0 amide bonds. The molecule has 2 fully saturated rings. The lowest BCUT2D eigenvalue weighted by atomic mass is 9.91. The average molecular weight is 485 g/mol. The molecule has 0 aliphatic carbocycles. The lowest BCUT2D eigenvalue weighted by Gasteiger charge is -2.39. The number of alkyl halides is 3. The maximum Gasteiger partial charge on any atom is 0.418 e. The van der Waals surface area contributed by atoms with Crippen LogP contribution >= 0.6 is 0 Å². The number of fused-ring (bicyclic) bond motifs is 1. The number of hydrogen-bond donors (Lipinski definition) is 1. The molecule has 0 saturated carbocycles. The number of anilines is 1. The molecule has 1 N–H and O–H groups in total. The number of halogens is 3. The molecular weight excluding hydrogens is 453 g/mol. The molecule has 1 aromatic carbocycles. The van der Waals surface area contributed by atoms with Crippen molar-refractivity contribution in [2.24, 2.45) is 11.8 Å². The summed E-state index contributed by atoms with van der Waals surface area (Å²) in [6.45, 7) is 4.94. The average Bonchev–Trinajstić information content (AvgIpc) is 2.73. The summed E-state index contributed by atoms with van der Waals surface area (Å²) >= 11 is 0. The predicted octanol–water partition coefficient (Wildman–Crippen LogP) is 3.73. The van der Waals surface area contributed by atoms with Gasteiger partial charge in [-0.25, -0.2) is 13.1 Å². The third-order valence-corrected chi connectivity index (χ3v) is 8.26. The Kier molecular flexibility index (Phi) is 6.89. The van der Waals surface area contributed by atoms with Crippen molar-refractivity contribution in [2.75, 3.05) is 43.9 Å². The Bertz CT molecular complexity index is 1080. The highest BCUT2D eigenvalue weighted by molar-refractivity contribution is 7.89. The largest absolute Gasteiger partial charge is 0.418 e. The number of hydrogen-bond acceptors (Lipinski definition) is 5. The Labute approximate surface area is 193 Å². The van der Waals surface area contributed by atoms with Crippen LogP contribution in [0.4, 0.5) is 18.9 Å². The van der Waals surface area contributed by atoms with Gasteiger partial charge in [0.25, 0.3) is 0 Å². The number of aromatic nitrogens is 1. The zero-order valence-electron chi connectivity index (χ0n) is 19.0. The van der Waals surface area contributed by atoms with Gasteiger partial charge in [-0.05, 0) is 75.5 Å². The van der Waals surface area contributed by atoms with Crippen LogP contribution in [0.15, 0.2) is 30.5 Å². The van der Waals surface area contributed by atoms with Crippen LogP contribution in [0.25, 0.3) is 10.9 Å². The number of rotatable bonds is 5. The molecule has 2 aliphatic heterocycles. The summed E-state index contributed by atoms with van der Waals surface area (Å²) < 4.78 is 69.1. The summed E-state index contributed by atoms with van der Waals surface area (Å²) in [6.07, 6.45) is -0.761. The van der Waals surface area contributed by atoms with Gasteiger partial charge in [-0.1, -0.05) is 6.92 Å². The second kappa shape index (κ2) is 9.38. The molecule has 10 heteroatoms. The van der Waals surface area contributed by atoms with E-state index in [-0.39, 0.29) is 29.1 Å². The highest BCUT2D eigenvalue weighted by Crippen LogP contribution is 2.39. The van der Waals surface area contributed by atoms with Crippen LogP contribution in [0, 0.1) is 11.8 Å². The first kappa shape index (κ1) is 24.2. The second-order valence-electron chi connectivity index (χ2n) is 9.62. The summed E-state index contributed by atoms with van der Waals surface area (Å²) in [4.78, 5) is 8.23. The number of likely N-dealkylation sites (tertiary alicyclic amines) is 1. The van der Waals surface area contributed by atoms with Crippen LogP contribution in [0.1, 0.15) is 31.7 Å². The summed E-state index contributed by atoms with van der Waals surface area (Å²) in [5.74, 6) is 0.139. The minimum absolute atomic E-state index is 0.0248. The molecule has 6 nitrogen and oxygen atoms in total. The summed E-state index contributed by atoms with van der Waals surface area (Å²) in [5, 5.41) is 0.437. The van der Waals surface area contributed by atoms with Crippen molar-refractivity contribution in [3.63, 3.8) is 0 Å². The third kappa shape index (κ3) is 5.78. The van der Waals surface area contributed by atoms with Crippen LogP contribution in [0.2, 0.25) is 0 Å². The minimum atomic E-state index is -4.49. The Morgan fingerprint density at radius 1 is 1.15 bits per heavy atom. The van der Waals surface area contributed by atoms with Crippen LogP contribution in [0.3, 0.4) is 0 Å². The molecule has 1 aromatic heterocycles. The van der Waals surface area contributed by atoms with Crippen molar-refractivity contribution in [1.29, 1.82) is 0 Å². The molecule has 0 bridgehead atoms. The number of nitrogens with zero attached hydrogens (tertiary/aromatic N) is 3. The molecule has 4 rings (SSSR count). The van der Waals surface area contributed by atoms with Crippen molar-refractivity contribution in [3.05, 3.63) is 36.0 Å². The zero-order valence-corrected chi connectivity index (χ0v) is 19.8. The van der Waals surface area contributed by atoms with E-state index < -0.39 is 21.8 Å². The molecule has 33 heavy (non-hydrogen) atoms. The molecule has 182 valence electrons. The summed E-state index contributed by atoms with van der Waals surface area (Å²) in [6, 6.07) is 5.82. The molecular formula is C23H31F3N4O2S. The van der Waals surface area contributed by atoms with Gasteiger partial charge >= 0.3 is 6.18 Å². The fraction of sp³-hybridized carbons (Fsp3) is 0.609. The lowest BCUT2D eigenvalue weighted by Crippen LogP contribution is -2.47. The molecule has 2 aromatic rings. The molecule has 0 unspecified atom stereocenters. The van der Waals surface area contributed by atoms with Gasteiger partial charge in [0.15, 0.2) is 0 Å². The van der Waals surface area contributed by atoms with Crippen LogP contribution in [-0.2, 0) is 16.2 Å². The molecule has 0 radical (unpaired) electrons.